The minimum Gasteiger partial charge on any atom is -0.497 e. The highest BCUT2D eigenvalue weighted by molar-refractivity contribution is 5.67. The fraction of sp³-hybridized carbons (Fsp3) is 0.190. The molecule has 0 aliphatic carbocycles. The summed E-state index contributed by atoms with van der Waals surface area (Å²) in [6, 6.07) is 14.6. The highest BCUT2D eigenvalue weighted by atomic mass is 16.6. The van der Waals surface area contributed by atoms with Crippen molar-refractivity contribution in [1.82, 2.24) is 9.97 Å². The Balaban J connectivity index is 1.60. The summed E-state index contributed by atoms with van der Waals surface area (Å²) in [7, 11) is 1.57. The van der Waals surface area contributed by atoms with Gasteiger partial charge >= 0.3 is 0 Å². The van der Waals surface area contributed by atoms with Gasteiger partial charge in [-0.25, -0.2) is 4.98 Å². The van der Waals surface area contributed by atoms with E-state index < -0.39 is 5.56 Å². The van der Waals surface area contributed by atoms with Gasteiger partial charge in [0.2, 0.25) is 5.95 Å². The summed E-state index contributed by atoms with van der Waals surface area (Å²) in [5.41, 5.74) is 1.35. The summed E-state index contributed by atoms with van der Waals surface area (Å²) >= 11 is 0. The lowest BCUT2D eigenvalue weighted by Gasteiger charge is -2.19. The number of rotatable bonds is 5. The maximum atomic E-state index is 12.4. The quantitative estimate of drug-likeness (QED) is 0.689. The van der Waals surface area contributed by atoms with Crippen LogP contribution in [0.1, 0.15) is 11.1 Å². The van der Waals surface area contributed by atoms with Gasteiger partial charge in [-0.05, 0) is 42.0 Å². The van der Waals surface area contributed by atoms with Gasteiger partial charge in [0.25, 0.3) is 5.56 Å². The Hall–Kier alpha value is -3.99. The molecular weight excluding hydrogens is 372 g/mol. The molecule has 2 N–H and O–H groups in total. The Bertz CT molecular complexity index is 1130. The van der Waals surface area contributed by atoms with Crippen molar-refractivity contribution in [3.05, 3.63) is 63.9 Å². The minimum absolute atomic E-state index is 0.0416. The molecule has 2 heterocycles. The van der Waals surface area contributed by atoms with Gasteiger partial charge in [-0.2, -0.15) is 5.26 Å². The number of aromatic nitrogens is 2. The maximum absolute atomic E-state index is 12.4. The molecule has 0 fully saturated rings. The van der Waals surface area contributed by atoms with Crippen LogP contribution in [-0.4, -0.2) is 30.3 Å². The lowest BCUT2D eigenvalue weighted by molar-refractivity contribution is 0.171. The van der Waals surface area contributed by atoms with E-state index in [4.69, 9.17) is 14.2 Å². The van der Waals surface area contributed by atoms with Crippen LogP contribution in [0.5, 0.6) is 17.2 Å². The fourth-order valence-electron chi connectivity index (χ4n) is 3.00. The van der Waals surface area contributed by atoms with Crippen molar-refractivity contribution in [1.29, 1.82) is 5.26 Å². The number of hydrogen-bond acceptors (Lipinski definition) is 7. The Morgan fingerprint density at radius 1 is 1.17 bits per heavy atom. The van der Waals surface area contributed by atoms with Crippen LogP contribution in [0.4, 0.5) is 5.95 Å². The second-order valence-electron chi connectivity index (χ2n) is 6.31. The lowest BCUT2D eigenvalue weighted by atomic mass is 10.1. The largest absolute Gasteiger partial charge is 0.497 e. The van der Waals surface area contributed by atoms with Crippen LogP contribution < -0.4 is 25.1 Å². The monoisotopic (exact) mass is 390 g/mol. The highest BCUT2D eigenvalue weighted by Gasteiger charge is 2.15. The normalized spacial score (nSPS) is 12.1. The number of nitriles is 1. The Kier molecular flexibility index (Phi) is 5.03. The van der Waals surface area contributed by atoms with Gasteiger partial charge in [-0.1, -0.05) is 6.07 Å². The molecule has 1 aliphatic rings. The predicted molar refractivity (Wildman–Crippen MR) is 106 cm³/mol. The molecule has 0 saturated carbocycles. The molecule has 8 nitrogen and oxygen atoms in total. The van der Waals surface area contributed by atoms with E-state index in [1.807, 2.05) is 24.3 Å². The molecule has 2 aromatic carbocycles. The van der Waals surface area contributed by atoms with E-state index in [0.717, 1.165) is 5.56 Å². The molecule has 0 saturated heterocycles. The number of aromatic amines is 1. The van der Waals surface area contributed by atoms with E-state index in [1.54, 1.807) is 31.4 Å². The molecular formula is C21H18N4O4. The number of hydrogen-bond donors (Lipinski definition) is 2. The summed E-state index contributed by atoms with van der Waals surface area (Å²) in [6.07, 6.45) is 0. The van der Waals surface area contributed by atoms with E-state index in [9.17, 15) is 10.1 Å². The first-order valence-electron chi connectivity index (χ1n) is 8.99. The third-order valence-electron chi connectivity index (χ3n) is 4.46. The molecule has 4 rings (SSSR count). The number of fused-ring (bicyclic) bond motifs is 1. The molecule has 0 spiro atoms. The number of anilines is 1. The van der Waals surface area contributed by atoms with Crippen LogP contribution in [0.15, 0.2) is 47.3 Å². The summed E-state index contributed by atoms with van der Waals surface area (Å²) in [5, 5.41) is 12.5. The molecule has 146 valence electrons. The minimum atomic E-state index is -0.502. The van der Waals surface area contributed by atoms with Crippen molar-refractivity contribution in [2.75, 3.05) is 25.6 Å². The van der Waals surface area contributed by atoms with Crippen molar-refractivity contribution in [3.8, 4) is 34.6 Å². The Morgan fingerprint density at radius 2 is 1.93 bits per heavy atom. The lowest BCUT2D eigenvalue weighted by Crippen LogP contribution is -2.18. The van der Waals surface area contributed by atoms with Crippen LogP contribution in [0.2, 0.25) is 0 Å². The van der Waals surface area contributed by atoms with E-state index in [0.29, 0.717) is 48.3 Å². The number of nitrogens with one attached hydrogen (secondary N) is 2. The van der Waals surface area contributed by atoms with E-state index in [2.05, 4.69) is 15.3 Å². The molecule has 3 aromatic rings. The molecule has 0 bridgehead atoms. The van der Waals surface area contributed by atoms with Gasteiger partial charge in [-0.3, -0.25) is 9.78 Å². The van der Waals surface area contributed by atoms with Crippen LogP contribution in [-0.2, 0) is 6.54 Å². The fourth-order valence-corrected chi connectivity index (χ4v) is 3.00. The summed E-state index contributed by atoms with van der Waals surface area (Å²) in [4.78, 5) is 19.4. The average molecular weight is 390 g/mol. The standard InChI is InChI=1S/C21H18N4O4/c1-27-15-5-3-14(4-6-15)19-16(11-22)20(26)25-21(24-19)23-12-13-2-7-17-18(10-13)29-9-8-28-17/h2-7,10H,8-9,12H2,1H3,(H2,23,24,25,26). The first-order chi connectivity index (χ1) is 14.2. The molecule has 0 unspecified atom stereocenters. The Labute approximate surface area is 166 Å². The molecule has 29 heavy (non-hydrogen) atoms. The summed E-state index contributed by atoms with van der Waals surface area (Å²) in [6.45, 7) is 1.46. The molecule has 1 aliphatic heterocycles. The van der Waals surface area contributed by atoms with Gasteiger partial charge in [0, 0.05) is 12.1 Å². The zero-order valence-electron chi connectivity index (χ0n) is 15.7. The number of H-pyrrole nitrogens is 1. The highest BCUT2D eigenvalue weighted by Crippen LogP contribution is 2.31. The molecule has 0 amide bonds. The smallest absolute Gasteiger partial charge is 0.270 e. The van der Waals surface area contributed by atoms with Crippen LogP contribution in [0.3, 0.4) is 0 Å². The van der Waals surface area contributed by atoms with Crippen molar-refractivity contribution >= 4 is 5.95 Å². The first-order valence-corrected chi connectivity index (χ1v) is 8.99. The third kappa shape index (κ3) is 3.84. The van der Waals surface area contributed by atoms with Gasteiger partial charge < -0.3 is 19.5 Å². The topological polar surface area (TPSA) is 109 Å². The van der Waals surface area contributed by atoms with Gasteiger partial charge in [0.15, 0.2) is 11.5 Å². The van der Waals surface area contributed by atoms with E-state index in [1.165, 1.54) is 0 Å². The summed E-state index contributed by atoms with van der Waals surface area (Å²) < 4.78 is 16.3. The Morgan fingerprint density at radius 3 is 2.66 bits per heavy atom. The van der Waals surface area contributed by atoms with Gasteiger partial charge in [0.1, 0.15) is 30.6 Å². The van der Waals surface area contributed by atoms with Crippen LogP contribution in [0.25, 0.3) is 11.3 Å². The van der Waals surface area contributed by atoms with Crippen LogP contribution in [0, 0.1) is 11.3 Å². The third-order valence-corrected chi connectivity index (χ3v) is 4.46. The summed E-state index contributed by atoms with van der Waals surface area (Å²) in [5.74, 6) is 2.35. The second kappa shape index (κ2) is 7.94. The molecule has 0 atom stereocenters. The van der Waals surface area contributed by atoms with Crippen molar-refractivity contribution in [2.45, 2.75) is 6.54 Å². The van der Waals surface area contributed by atoms with Crippen molar-refractivity contribution in [2.24, 2.45) is 0 Å². The zero-order valence-corrected chi connectivity index (χ0v) is 15.7. The second-order valence-corrected chi connectivity index (χ2v) is 6.31. The average Bonchev–Trinajstić information content (AvgIpc) is 2.77. The van der Waals surface area contributed by atoms with E-state index in [-0.39, 0.29) is 11.5 Å². The number of benzene rings is 2. The number of nitrogens with zero attached hydrogens (tertiary/aromatic N) is 2. The first kappa shape index (κ1) is 18.4. The van der Waals surface area contributed by atoms with E-state index >= 15 is 0 Å². The number of methoxy groups -OCH3 is 1. The van der Waals surface area contributed by atoms with Crippen molar-refractivity contribution in [3.63, 3.8) is 0 Å². The molecule has 1 aromatic heterocycles. The maximum Gasteiger partial charge on any atom is 0.270 e. The van der Waals surface area contributed by atoms with Gasteiger partial charge in [0.05, 0.1) is 12.8 Å². The van der Waals surface area contributed by atoms with Crippen LogP contribution >= 0.6 is 0 Å². The predicted octanol–water partition coefficient (Wildman–Crippen LogP) is 2.70. The zero-order chi connectivity index (χ0) is 20.2. The van der Waals surface area contributed by atoms with Crippen molar-refractivity contribution < 1.29 is 14.2 Å². The number of ether oxygens (including phenoxy) is 3. The SMILES string of the molecule is COc1ccc(-c2nc(NCc3ccc4c(c3)OCCO4)[nH]c(=O)c2C#N)cc1. The molecule has 0 radical (unpaired) electrons. The molecule has 8 heteroatoms. The van der Waals surface area contributed by atoms with Gasteiger partial charge in [-0.15, -0.1) is 0 Å².